The first-order valence-corrected chi connectivity index (χ1v) is 9.11. The maximum Gasteiger partial charge on any atom is 0.255 e. The number of rotatable bonds is 7. The maximum absolute atomic E-state index is 14.5. The van der Waals surface area contributed by atoms with E-state index in [0.29, 0.717) is 12.2 Å². The van der Waals surface area contributed by atoms with E-state index in [4.69, 9.17) is 4.74 Å². The first-order chi connectivity index (χ1) is 12.6. The lowest BCUT2D eigenvalue weighted by atomic mass is 10.2. The molecule has 3 aromatic rings. The van der Waals surface area contributed by atoms with Crippen LogP contribution >= 0.6 is 11.3 Å². The molecule has 0 spiro atoms. The number of nitrogens with one attached hydrogen (secondary N) is 1. The number of unbranched alkanes of at least 4 members (excludes halogenated alkanes) is 1. The molecule has 0 aliphatic heterocycles. The summed E-state index contributed by atoms with van der Waals surface area (Å²) in [6, 6.07) is 9.96. The van der Waals surface area contributed by atoms with Crippen LogP contribution in [0.5, 0.6) is 5.75 Å². The van der Waals surface area contributed by atoms with Gasteiger partial charge in [-0.2, -0.15) is 0 Å². The molecule has 0 radical (unpaired) electrons. The molecular formula is C20H19FN2O2S. The van der Waals surface area contributed by atoms with E-state index in [0.717, 1.165) is 28.1 Å². The number of thiazole rings is 1. The van der Waals surface area contributed by atoms with Crippen molar-refractivity contribution in [3.63, 3.8) is 0 Å². The summed E-state index contributed by atoms with van der Waals surface area (Å²) in [5.74, 6) is -0.824. The Hall–Kier alpha value is -2.73. The van der Waals surface area contributed by atoms with Gasteiger partial charge in [-0.3, -0.25) is 4.79 Å². The van der Waals surface area contributed by atoms with Crippen molar-refractivity contribution < 1.29 is 13.9 Å². The Labute approximate surface area is 155 Å². The molecule has 0 fully saturated rings. The summed E-state index contributed by atoms with van der Waals surface area (Å²) in [6.45, 7) is 5.95. The molecule has 2 aromatic carbocycles. The molecule has 1 aromatic heterocycles. The van der Waals surface area contributed by atoms with Gasteiger partial charge in [0.1, 0.15) is 0 Å². The number of nitrogens with zero attached hydrogens (tertiary/aromatic N) is 1. The molecule has 0 atom stereocenters. The smallest absolute Gasteiger partial charge is 0.255 e. The van der Waals surface area contributed by atoms with Crippen LogP contribution in [0.25, 0.3) is 10.2 Å². The van der Waals surface area contributed by atoms with Crippen LogP contribution in [0.3, 0.4) is 0 Å². The Kier molecular flexibility index (Phi) is 5.63. The van der Waals surface area contributed by atoms with Crippen molar-refractivity contribution in [2.45, 2.75) is 19.8 Å². The molecule has 1 amide bonds. The topological polar surface area (TPSA) is 51.2 Å². The van der Waals surface area contributed by atoms with Crippen molar-refractivity contribution in [2.75, 3.05) is 11.9 Å². The maximum atomic E-state index is 14.5. The third-order valence-corrected chi connectivity index (χ3v) is 4.71. The molecule has 4 nitrogen and oxygen atoms in total. The fraction of sp³-hybridized carbons (Fsp3) is 0.200. The summed E-state index contributed by atoms with van der Waals surface area (Å²) < 4.78 is 20.9. The van der Waals surface area contributed by atoms with Gasteiger partial charge >= 0.3 is 0 Å². The summed E-state index contributed by atoms with van der Waals surface area (Å²) >= 11 is 1.52. The van der Waals surface area contributed by atoms with Crippen LogP contribution in [-0.4, -0.2) is 17.5 Å². The molecule has 3 rings (SSSR count). The standard InChI is InChI=1S/C20H19FN2O2S/c1-3-4-5-11-25-17-8-6-7-16(19(17)21)23-20(24)14-9-10-15-18(12-14)26-13(2)22-15/h3,6-10,12H,1,4-5,11H2,2H3,(H,23,24). The van der Waals surface area contributed by atoms with Crippen molar-refractivity contribution in [3.8, 4) is 5.75 Å². The minimum Gasteiger partial charge on any atom is -0.490 e. The number of allylic oxidation sites excluding steroid dienone is 1. The predicted molar refractivity (Wildman–Crippen MR) is 104 cm³/mol. The minimum absolute atomic E-state index is 0.0943. The van der Waals surface area contributed by atoms with Crippen molar-refractivity contribution >= 4 is 33.1 Å². The van der Waals surface area contributed by atoms with E-state index in [2.05, 4.69) is 16.9 Å². The fourth-order valence-corrected chi connectivity index (χ4v) is 3.37. The van der Waals surface area contributed by atoms with E-state index < -0.39 is 5.82 Å². The molecule has 0 saturated heterocycles. The lowest BCUT2D eigenvalue weighted by molar-refractivity contribution is 0.102. The number of hydrogen-bond acceptors (Lipinski definition) is 4. The molecule has 0 unspecified atom stereocenters. The summed E-state index contributed by atoms with van der Waals surface area (Å²) in [4.78, 5) is 16.9. The number of ether oxygens (including phenoxy) is 1. The minimum atomic E-state index is -0.575. The molecule has 1 heterocycles. The van der Waals surface area contributed by atoms with E-state index >= 15 is 0 Å². The molecule has 0 bridgehead atoms. The zero-order valence-corrected chi connectivity index (χ0v) is 15.2. The van der Waals surface area contributed by atoms with Gasteiger partial charge in [0, 0.05) is 5.56 Å². The molecule has 134 valence electrons. The van der Waals surface area contributed by atoms with Gasteiger partial charge < -0.3 is 10.1 Å². The number of anilines is 1. The van der Waals surface area contributed by atoms with Crippen LogP contribution < -0.4 is 10.1 Å². The van der Waals surface area contributed by atoms with Crippen LogP contribution in [0.2, 0.25) is 0 Å². The number of hydrogen-bond donors (Lipinski definition) is 1. The summed E-state index contributed by atoms with van der Waals surface area (Å²) in [5.41, 5.74) is 1.40. The van der Waals surface area contributed by atoms with Crippen molar-refractivity contribution in [1.29, 1.82) is 0 Å². The number of fused-ring (bicyclic) bond motifs is 1. The summed E-state index contributed by atoms with van der Waals surface area (Å²) in [5, 5.41) is 3.55. The second-order valence-electron chi connectivity index (χ2n) is 5.77. The van der Waals surface area contributed by atoms with E-state index in [-0.39, 0.29) is 17.3 Å². The molecule has 26 heavy (non-hydrogen) atoms. The van der Waals surface area contributed by atoms with Gasteiger partial charge in [0.25, 0.3) is 5.91 Å². The van der Waals surface area contributed by atoms with Gasteiger partial charge in [-0.25, -0.2) is 9.37 Å². The van der Waals surface area contributed by atoms with E-state index in [1.165, 1.54) is 17.4 Å². The zero-order valence-electron chi connectivity index (χ0n) is 14.4. The Morgan fingerprint density at radius 2 is 2.23 bits per heavy atom. The van der Waals surface area contributed by atoms with E-state index in [1.807, 2.05) is 6.92 Å². The average Bonchev–Trinajstić information content (AvgIpc) is 3.00. The molecule has 0 aliphatic carbocycles. The quantitative estimate of drug-likeness (QED) is 0.451. The highest BCUT2D eigenvalue weighted by Crippen LogP contribution is 2.26. The lowest BCUT2D eigenvalue weighted by Crippen LogP contribution is -2.13. The first kappa shape index (κ1) is 18.1. The van der Waals surface area contributed by atoms with Gasteiger partial charge in [-0.15, -0.1) is 17.9 Å². The van der Waals surface area contributed by atoms with Crippen LogP contribution in [-0.2, 0) is 0 Å². The Bertz CT molecular complexity index is 952. The highest BCUT2D eigenvalue weighted by Gasteiger charge is 2.14. The van der Waals surface area contributed by atoms with Gasteiger partial charge in [0.15, 0.2) is 11.6 Å². The second-order valence-corrected chi connectivity index (χ2v) is 7.00. The van der Waals surface area contributed by atoms with Gasteiger partial charge in [0.2, 0.25) is 0 Å². The molecule has 6 heteroatoms. The van der Waals surface area contributed by atoms with Gasteiger partial charge in [0.05, 0.1) is 27.5 Å². The van der Waals surface area contributed by atoms with Crippen molar-refractivity contribution in [2.24, 2.45) is 0 Å². The third kappa shape index (κ3) is 4.08. The SMILES string of the molecule is C=CCCCOc1cccc(NC(=O)c2ccc3nc(C)sc3c2)c1F. The van der Waals surface area contributed by atoms with Crippen molar-refractivity contribution in [1.82, 2.24) is 4.98 Å². The Morgan fingerprint density at radius 1 is 1.38 bits per heavy atom. The number of aryl methyl sites for hydroxylation is 1. The number of amides is 1. The zero-order chi connectivity index (χ0) is 18.5. The molecule has 0 saturated carbocycles. The highest BCUT2D eigenvalue weighted by molar-refractivity contribution is 7.18. The summed E-state index contributed by atoms with van der Waals surface area (Å²) in [6.07, 6.45) is 3.35. The third-order valence-electron chi connectivity index (χ3n) is 3.78. The van der Waals surface area contributed by atoms with Crippen LogP contribution in [0.1, 0.15) is 28.2 Å². The van der Waals surface area contributed by atoms with E-state index in [9.17, 15) is 9.18 Å². The fourth-order valence-electron chi connectivity index (χ4n) is 2.50. The normalized spacial score (nSPS) is 10.7. The summed E-state index contributed by atoms with van der Waals surface area (Å²) in [7, 11) is 0. The number of halogens is 1. The van der Waals surface area contributed by atoms with Crippen molar-refractivity contribution in [3.05, 3.63) is 65.4 Å². The molecule has 1 N–H and O–H groups in total. The second kappa shape index (κ2) is 8.10. The van der Waals surface area contributed by atoms with Gasteiger partial charge in [-0.1, -0.05) is 12.1 Å². The number of carbonyl (C=O) groups is 1. The lowest BCUT2D eigenvalue weighted by Gasteiger charge is -2.11. The average molecular weight is 370 g/mol. The van der Waals surface area contributed by atoms with Crippen LogP contribution in [0, 0.1) is 12.7 Å². The van der Waals surface area contributed by atoms with Crippen LogP contribution in [0.15, 0.2) is 49.1 Å². The van der Waals surface area contributed by atoms with Gasteiger partial charge in [-0.05, 0) is 50.1 Å². The number of carbonyl (C=O) groups excluding carboxylic acids is 1. The first-order valence-electron chi connectivity index (χ1n) is 8.29. The monoisotopic (exact) mass is 370 g/mol. The highest BCUT2D eigenvalue weighted by atomic mass is 32.1. The predicted octanol–water partition coefficient (Wildman–Crippen LogP) is 5.34. The largest absolute Gasteiger partial charge is 0.490 e. The molecule has 0 aliphatic rings. The molecular weight excluding hydrogens is 351 g/mol. The van der Waals surface area contributed by atoms with Crippen LogP contribution in [0.4, 0.5) is 10.1 Å². The van der Waals surface area contributed by atoms with E-state index in [1.54, 1.807) is 36.4 Å². The number of benzene rings is 2. The number of aromatic nitrogens is 1. The Balaban J connectivity index is 1.74. The Morgan fingerprint density at radius 3 is 3.04 bits per heavy atom.